The van der Waals surface area contributed by atoms with Crippen LogP contribution in [0.1, 0.15) is 45.3 Å². The third-order valence-electron chi connectivity index (χ3n) is 3.15. The Balaban J connectivity index is 1.93. The van der Waals surface area contributed by atoms with Crippen LogP contribution in [0.2, 0.25) is 0 Å². The second-order valence-corrected chi connectivity index (χ2v) is 5.61. The third kappa shape index (κ3) is 4.14. The summed E-state index contributed by atoms with van der Waals surface area (Å²) in [7, 11) is 0. The summed E-state index contributed by atoms with van der Waals surface area (Å²) in [5.41, 5.74) is 2.57. The van der Waals surface area contributed by atoms with E-state index >= 15 is 0 Å². The van der Waals surface area contributed by atoms with Crippen molar-refractivity contribution in [3.05, 3.63) is 51.5 Å². The van der Waals surface area contributed by atoms with E-state index < -0.39 is 0 Å². The summed E-state index contributed by atoms with van der Waals surface area (Å²) in [6.45, 7) is 4.92. The summed E-state index contributed by atoms with van der Waals surface area (Å²) < 4.78 is 0. The minimum atomic E-state index is -0.272. The number of carbonyl (C=O) groups is 2. The van der Waals surface area contributed by atoms with Crippen LogP contribution in [0.4, 0.5) is 0 Å². The van der Waals surface area contributed by atoms with E-state index in [1.54, 1.807) is 5.38 Å². The number of nitrogens with zero attached hydrogens (tertiary/aromatic N) is 1. The van der Waals surface area contributed by atoms with Crippen molar-refractivity contribution in [1.82, 2.24) is 15.6 Å². The molecule has 0 fully saturated rings. The SMILES string of the molecule is CCNC(=O)c1nc(C(=O)NCc2ccc(CC)cc2)cs1. The van der Waals surface area contributed by atoms with E-state index in [9.17, 15) is 9.59 Å². The number of aromatic nitrogens is 1. The molecule has 1 aromatic carbocycles. The number of aryl methyl sites for hydroxylation is 1. The first-order valence-corrected chi connectivity index (χ1v) is 8.11. The molecular formula is C16H19N3O2S. The van der Waals surface area contributed by atoms with Crippen LogP contribution < -0.4 is 10.6 Å². The molecule has 0 unspecified atom stereocenters. The molecule has 0 aliphatic rings. The summed E-state index contributed by atoms with van der Waals surface area (Å²) in [6.07, 6.45) is 0.994. The Kier molecular flexibility index (Phi) is 5.66. The molecule has 2 rings (SSSR count). The first-order chi connectivity index (χ1) is 10.6. The Morgan fingerprint density at radius 3 is 2.36 bits per heavy atom. The fraction of sp³-hybridized carbons (Fsp3) is 0.312. The number of nitrogens with one attached hydrogen (secondary N) is 2. The molecule has 0 aliphatic heterocycles. The number of rotatable bonds is 6. The lowest BCUT2D eigenvalue weighted by atomic mass is 10.1. The fourth-order valence-corrected chi connectivity index (χ4v) is 2.60. The van der Waals surface area contributed by atoms with E-state index in [1.807, 2.05) is 19.1 Å². The Morgan fingerprint density at radius 2 is 1.73 bits per heavy atom. The van der Waals surface area contributed by atoms with Gasteiger partial charge in [-0.15, -0.1) is 11.3 Å². The number of benzene rings is 1. The number of carbonyl (C=O) groups excluding carboxylic acids is 2. The summed E-state index contributed by atoms with van der Waals surface area (Å²) in [6, 6.07) is 8.11. The zero-order chi connectivity index (χ0) is 15.9. The fourth-order valence-electron chi connectivity index (χ4n) is 1.88. The van der Waals surface area contributed by atoms with Gasteiger partial charge >= 0.3 is 0 Å². The molecular weight excluding hydrogens is 298 g/mol. The van der Waals surface area contributed by atoms with E-state index in [4.69, 9.17) is 0 Å². The maximum Gasteiger partial charge on any atom is 0.280 e. The summed E-state index contributed by atoms with van der Waals surface area (Å²) in [5, 5.41) is 7.37. The highest BCUT2D eigenvalue weighted by Crippen LogP contribution is 2.10. The second-order valence-electron chi connectivity index (χ2n) is 4.75. The summed E-state index contributed by atoms with van der Waals surface area (Å²) in [4.78, 5) is 27.7. The quantitative estimate of drug-likeness (QED) is 0.859. The van der Waals surface area contributed by atoms with E-state index in [-0.39, 0.29) is 17.5 Å². The maximum atomic E-state index is 12.0. The molecule has 0 aliphatic carbocycles. The number of thiazole rings is 1. The molecule has 22 heavy (non-hydrogen) atoms. The van der Waals surface area contributed by atoms with Gasteiger partial charge in [0, 0.05) is 18.5 Å². The Bertz CT molecular complexity index is 650. The predicted octanol–water partition coefficient (Wildman–Crippen LogP) is 2.39. The van der Waals surface area contributed by atoms with Gasteiger partial charge in [0.15, 0.2) is 5.01 Å². The largest absolute Gasteiger partial charge is 0.350 e. The summed E-state index contributed by atoms with van der Waals surface area (Å²) >= 11 is 1.17. The monoisotopic (exact) mass is 317 g/mol. The lowest BCUT2D eigenvalue weighted by Gasteiger charge is -2.04. The van der Waals surface area contributed by atoms with Crippen LogP contribution in [-0.2, 0) is 13.0 Å². The minimum Gasteiger partial charge on any atom is -0.350 e. The molecule has 0 atom stereocenters. The van der Waals surface area contributed by atoms with Crippen LogP contribution in [0.3, 0.4) is 0 Å². The number of hydrogen-bond donors (Lipinski definition) is 2. The summed E-state index contributed by atoms with van der Waals surface area (Å²) in [5.74, 6) is -0.520. The molecule has 6 heteroatoms. The topological polar surface area (TPSA) is 71.1 Å². The molecule has 0 saturated heterocycles. The van der Waals surface area contributed by atoms with E-state index in [2.05, 4.69) is 34.7 Å². The van der Waals surface area contributed by atoms with Crippen molar-refractivity contribution in [3.8, 4) is 0 Å². The van der Waals surface area contributed by atoms with Crippen molar-refractivity contribution in [1.29, 1.82) is 0 Å². The Hall–Kier alpha value is -2.21. The molecule has 1 aromatic heterocycles. The smallest absolute Gasteiger partial charge is 0.280 e. The van der Waals surface area contributed by atoms with Crippen molar-refractivity contribution in [2.45, 2.75) is 26.8 Å². The Labute approximate surface area is 133 Å². The van der Waals surface area contributed by atoms with Gasteiger partial charge in [0.05, 0.1) is 0 Å². The second kappa shape index (κ2) is 7.70. The van der Waals surface area contributed by atoms with Crippen molar-refractivity contribution in [3.63, 3.8) is 0 Å². The molecule has 2 aromatic rings. The molecule has 1 heterocycles. The predicted molar refractivity (Wildman–Crippen MR) is 87.1 cm³/mol. The molecule has 5 nitrogen and oxygen atoms in total. The van der Waals surface area contributed by atoms with Crippen molar-refractivity contribution in [2.24, 2.45) is 0 Å². The first kappa shape index (κ1) is 16.2. The van der Waals surface area contributed by atoms with Gasteiger partial charge in [0.2, 0.25) is 0 Å². The highest BCUT2D eigenvalue weighted by Gasteiger charge is 2.14. The van der Waals surface area contributed by atoms with Crippen LogP contribution in [0, 0.1) is 0 Å². The van der Waals surface area contributed by atoms with Gasteiger partial charge in [0.1, 0.15) is 5.69 Å². The number of amides is 2. The van der Waals surface area contributed by atoms with Gasteiger partial charge in [0.25, 0.3) is 11.8 Å². The minimum absolute atomic E-state index is 0.248. The van der Waals surface area contributed by atoms with Gasteiger partial charge in [-0.3, -0.25) is 9.59 Å². The van der Waals surface area contributed by atoms with Crippen LogP contribution in [-0.4, -0.2) is 23.3 Å². The van der Waals surface area contributed by atoms with Crippen molar-refractivity contribution in [2.75, 3.05) is 6.54 Å². The normalized spacial score (nSPS) is 10.3. The zero-order valence-electron chi connectivity index (χ0n) is 12.7. The van der Waals surface area contributed by atoms with E-state index in [0.29, 0.717) is 18.1 Å². The van der Waals surface area contributed by atoms with E-state index in [0.717, 1.165) is 12.0 Å². The van der Waals surface area contributed by atoms with Gasteiger partial charge in [-0.1, -0.05) is 31.2 Å². The zero-order valence-corrected chi connectivity index (χ0v) is 13.5. The molecule has 0 spiro atoms. The van der Waals surface area contributed by atoms with Crippen molar-refractivity contribution < 1.29 is 9.59 Å². The van der Waals surface area contributed by atoms with Crippen LogP contribution in [0.25, 0.3) is 0 Å². The van der Waals surface area contributed by atoms with Crippen LogP contribution in [0.15, 0.2) is 29.6 Å². The van der Waals surface area contributed by atoms with Crippen LogP contribution in [0.5, 0.6) is 0 Å². The third-order valence-corrected chi connectivity index (χ3v) is 3.99. The first-order valence-electron chi connectivity index (χ1n) is 7.23. The maximum absolute atomic E-state index is 12.0. The molecule has 2 N–H and O–H groups in total. The highest BCUT2D eigenvalue weighted by molar-refractivity contribution is 7.11. The van der Waals surface area contributed by atoms with Gasteiger partial charge in [-0.05, 0) is 24.5 Å². The van der Waals surface area contributed by atoms with Gasteiger partial charge < -0.3 is 10.6 Å². The van der Waals surface area contributed by atoms with Crippen LogP contribution >= 0.6 is 11.3 Å². The molecule has 2 amide bonds. The lowest BCUT2D eigenvalue weighted by molar-refractivity contribution is 0.0946. The highest BCUT2D eigenvalue weighted by atomic mass is 32.1. The molecule has 0 saturated carbocycles. The average molecular weight is 317 g/mol. The number of hydrogen-bond acceptors (Lipinski definition) is 4. The Morgan fingerprint density at radius 1 is 1.05 bits per heavy atom. The molecule has 116 valence electrons. The standard InChI is InChI=1S/C16H19N3O2S/c1-3-11-5-7-12(8-6-11)9-18-14(20)13-10-22-16(19-13)15(21)17-4-2/h5-8,10H,3-4,9H2,1-2H3,(H,17,21)(H,18,20). The van der Waals surface area contributed by atoms with Gasteiger partial charge in [-0.2, -0.15) is 0 Å². The van der Waals surface area contributed by atoms with Gasteiger partial charge in [-0.25, -0.2) is 4.98 Å². The molecule has 0 radical (unpaired) electrons. The lowest BCUT2D eigenvalue weighted by Crippen LogP contribution is -2.25. The van der Waals surface area contributed by atoms with Crippen molar-refractivity contribution >= 4 is 23.2 Å². The van der Waals surface area contributed by atoms with E-state index in [1.165, 1.54) is 16.9 Å². The molecule has 0 bridgehead atoms. The average Bonchev–Trinajstić information content (AvgIpc) is 3.03.